The lowest BCUT2D eigenvalue weighted by Crippen LogP contribution is -2.63. The van der Waals surface area contributed by atoms with Crippen molar-refractivity contribution in [2.24, 2.45) is 11.3 Å². The van der Waals surface area contributed by atoms with Crippen molar-refractivity contribution in [3.05, 3.63) is 0 Å². The van der Waals surface area contributed by atoms with Crippen LogP contribution < -0.4 is 5.32 Å². The Bertz CT molecular complexity index is 259. The monoisotopic (exact) mass is 269 g/mol. The second kappa shape index (κ2) is 7.05. The fourth-order valence-electron chi connectivity index (χ4n) is 3.88. The van der Waals surface area contributed by atoms with Crippen molar-refractivity contribution in [2.75, 3.05) is 26.4 Å². The normalized spacial score (nSPS) is 31.1. The van der Waals surface area contributed by atoms with Crippen LogP contribution in [0, 0.1) is 11.3 Å². The summed E-state index contributed by atoms with van der Waals surface area (Å²) >= 11 is 0. The van der Waals surface area contributed by atoms with Gasteiger partial charge < -0.3 is 14.8 Å². The third-order valence-corrected chi connectivity index (χ3v) is 5.43. The highest BCUT2D eigenvalue weighted by molar-refractivity contribution is 5.06. The predicted octanol–water partition coefficient (Wildman–Crippen LogP) is 2.99. The lowest BCUT2D eigenvalue weighted by Gasteiger charge is -2.56. The lowest BCUT2D eigenvalue weighted by molar-refractivity contribution is -0.151. The van der Waals surface area contributed by atoms with E-state index in [4.69, 9.17) is 9.47 Å². The van der Waals surface area contributed by atoms with Crippen LogP contribution in [-0.4, -0.2) is 38.5 Å². The Morgan fingerprint density at radius 1 is 1.16 bits per heavy atom. The molecule has 1 N–H and O–H groups in total. The van der Waals surface area contributed by atoms with E-state index in [0.717, 1.165) is 32.3 Å². The van der Waals surface area contributed by atoms with Crippen LogP contribution in [-0.2, 0) is 9.47 Å². The SMILES string of the molecule is CCNC1CC(OCC2CCOCC2)C1(CC)CC. The zero-order valence-electron chi connectivity index (χ0n) is 12.9. The second-order valence-corrected chi connectivity index (χ2v) is 6.16. The molecule has 2 unspecified atom stereocenters. The molecular weight excluding hydrogens is 238 g/mol. The largest absolute Gasteiger partial charge is 0.381 e. The molecule has 0 radical (unpaired) electrons. The first-order valence-corrected chi connectivity index (χ1v) is 8.19. The van der Waals surface area contributed by atoms with E-state index in [9.17, 15) is 0 Å². The van der Waals surface area contributed by atoms with Gasteiger partial charge in [0, 0.05) is 31.3 Å². The third kappa shape index (κ3) is 3.14. The number of hydrogen-bond donors (Lipinski definition) is 1. The summed E-state index contributed by atoms with van der Waals surface area (Å²) in [7, 11) is 0. The van der Waals surface area contributed by atoms with E-state index in [1.54, 1.807) is 0 Å². The third-order valence-electron chi connectivity index (χ3n) is 5.43. The topological polar surface area (TPSA) is 30.5 Å². The highest BCUT2D eigenvalue weighted by Gasteiger charge is 2.52. The Kier molecular flexibility index (Phi) is 5.67. The Balaban J connectivity index is 1.82. The van der Waals surface area contributed by atoms with Crippen molar-refractivity contribution in [2.45, 2.75) is 65.0 Å². The molecule has 0 aromatic heterocycles. The van der Waals surface area contributed by atoms with E-state index in [-0.39, 0.29) is 0 Å². The fraction of sp³-hybridized carbons (Fsp3) is 1.00. The van der Waals surface area contributed by atoms with Gasteiger partial charge in [-0.1, -0.05) is 20.8 Å². The van der Waals surface area contributed by atoms with Gasteiger partial charge in [0.2, 0.25) is 0 Å². The highest BCUT2D eigenvalue weighted by atomic mass is 16.5. The molecule has 2 atom stereocenters. The summed E-state index contributed by atoms with van der Waals surface area (Å²) in [5, 5.41) is 3.64. The first-order chi connectivity index (χ1) is 9.26. The van der Waals surface area contributed by atoms with Gasteiger partial charge in [0.05, 0.1) is 6.10 Å². The minimum atomic E-state index is 0.376. The van der Waals surface area contributed by atoms with Gasteiger partial charge in [0.15, 0.2) is 0 Å². The summed E-state index contributed by atoms with van der Waals surface area (Å²) < 4.78 is 11.7. The zero-order valence-corrected chi connectivity index (χ0v) is 12.9. The van der Waals surface area contributed by atoms with Crippen molar-refractivity contribution in [3.8, 4) is 0 Å². The average molecular weight is 269 g/mol. The first kappa shape index (κ1) is 15.3. The molecule has 1 aliphatic heterocycles. The van der Waals surface area contributed by atoms with E-state index < -0.39 is 0 Å². The van der Waals surface area contributed by atoms with E-state index in [2.05, 4.69) is 26.1 Å². The van der Waals surface area contributed by atoms with Gasteiger partial charge in [-0.3, -0.25) is 0 Å². The molecule has 1 aliphatic carbocycles. The molecule has 2 rings (SSSR count). The molecule has 0 aromatic carbocycles. The van der Waals surface area contributed by atoms with Crippen LogP contribution in [0.2, 0.25) is 0 Å². The summed E-state index contributed by atoms with van der Waals surface area (Å²) in [6, 6.07) is 0.659. The van der Waals surface area contributed by atoms with E-state index in [1.165, 1.54) is 32.1 Å². The van der Waals surface area contributed by atoms with Gasteiger partial charge in [-0.05, 0) is 44.6 Å². The van der Waals surface area contributed by atoms with E-state index in [0.29, 0.717) is 17.6 Å². The molecule has 19 heavy (non-hydrogen) atoms. The maximum absolute atomic E-state index is 6.30. The Morgan fingerprint density at radius 3 is 2.42 bits per heavy atom. The molecule has 1 saturated heterocycles. The summed E-state index contributed by atoms with van der Waals surface area (Å²) in [5.41, 5.74) is 0.376. The van der Waals surface area contributed by atoms with Gasteiger partial charge in [0.1, 0.15) is 0 Å². The Hall–Kier alpha value is -0.120. The van der Waals surface area contributed by atoms with Gasteiger partial charge in [-0.25, -0.2) is 0 Å². The lowest BCUT2D eigenvalue weighted by atomic mass is 9.58. The average Bonchev–Trinajstić information content (AvgIpc) is 2.44. The second-order valence-electron chi connectivity index (χ2n) is 6.16. The Morgan fingerprint density at radius 2 is 1.84 bits per heavy atom. The van der Waals surface area contributed by atoms with Gasteiger partial charge in [-0.2, -0.15) is 0 Å². The summed E-state index contributed by atoms with van der Waals surface area (Å²) in [6.07, 6.45) is 6.45. The molecule has 2 fully saturated rings. The molecule has 1 heterocycles. The van der Waals surface area contributed by atoms with Crippen LogP contribution in [0.3, 0.4) is 0 Å². The molecule has 1 saturated carbocycles. The van der Waals surface area contributed by atoms with Crippen molar-refractivity contribution >= 4 is 0 Å². The Labute approximate surface area is 118 Å². The first-order valence-electron chi connectivity index (χ1n) is 8.19. The maximum Gasteiger partial charge on any atom is 0.0661 e. The fourth-order valence-corrected chi connectivity index (χ4v) is 3.88. The van der Waals surface area contributed by atoms with Crippen LogP contribution in [0.25, 0.3) is 0 Å². The maximum atomic E-state index is 6.30. The van der Waals surface area contributed by atoms with E-state index in [1.807, 2.05) is 0 Å². The van der Waals surface area contributed by atoms with Crippen molar-refractivity contribution in [3.63, 3.8) is 0 Å². The zero-order chi connectivity index (χ0) is 13.7. The molecule has 0 amide bonds. The van der Waals surface area contributed by atoms with Gasteiger partial charge >= 0.3 is 0 Å². The molecule has 112 valence electrons. The van der Waals surface area contributed by atoms with Crippen molar-refractivity contribution in [1.82, 2.24) is 5.32 Å². The van der Waals surface area contributed by atoms with Crippen molar-refractivity contribution in [1.29, 1.82) is 0 Å². The number of ether oxygens (including phenoxy) is 2. The summed E-state index contributed by atoms with van der Waals surface area (Å²) in [5.74, 6) is 0.721. The van der Waals surface area contributed by atoms with Gasteiger partial charge in [0.25, 0.3) is 0 Å². The van der Waals surface area contributed by atoms with Crippen LogP contribution >= 0.6 is 0 Å². The molecule has 3 heteroatoms. The number of nitrogens with one attached hydrogen (secondary N) is 1. The number of rotatable bonds is 7. The quantitative estimate of drug-likeness (QED) is 0.771. The summed E-state index contributed by atoms with van der Waals surface area (Å²) in [4.78, 5) is 0. The van der Waals surface area contributed by atoms with Crippen LogP contribution in [0.1, 0.15) is 52.9 Å². The van der Waals surface area contributed by atoms with Crippen LogP contribution in [0.4, 0.5) is 0 Å². The molecule has 2 aliphatic rings. The summed E-state index contributed by atoms with van der Waals surface area (Å²) in [6.45, 7) is 10.7. The standard InChI is InChI=1S/C16H31NO2/c1-4-16(5-2)14(17-6-3)11-15(16)19-12-13-7-9-18-10-8-13/h13-15,17H,4-12H2,1-3H3. The molecule has 0 spiro atoms. The minimum absolute atomic E-state index is 0.376. The number of hydrogen-bond acceptors (Lipinski definition) is 3. The molecular formula is C16H31NO2. The molecule has 3 nitrogen and oxygen atoms in total. The smallest absolute Gasteiger partial charge is 0.0661 e. The van der Waals surface area contributed by atoms with Crippen molar-refractivity contribution < 1.29 is 9.47 Å². The minimum Gasteiger partial charge on any atom is -0.381 e. The van der Waals surface area contributed by atoms with Crippen LogP contribution in [0.15, 0.2) is 0 Å². The highest BCUT2D eigenvalue weighted by Crippen LogP contribution is 2.49. The molecule has 0 bridgehead atoms. The predicted molar refractivity (Wildman–Crippen MR) is 78.4 cm³/mol. The van der Waals surface area contributed by atoms with E-state index >= 15 is 0 Å². The molecule has 0 aromatic rings. The van der Waals surface area contributed by atoms with Crippen LogP contribution in [0.5, 0.6) is 0 Å². The van der Waals surface area contributed by atoms with Gasteiger partial charge in [-0.15, -0.1) is 0 Å².